The number of ether oxygens (including phenoxy) is 3. The second kappa shape index (κ2) is 9.28. The Kier molecular flexibility index (Phi) is 7.37. The Balaban J connectivity index is 1.72. The summed E-state index contributed by atoms with van der Waals surface area (Å²) in [6.45, 7) is 3.33. The molecule has 1 aromatic rings. The molecule has 1 aromatic carbocycles. The highest BCUT2D eigenvalue weighted by Crippen LogP contribution is 2.26. The predicted octanol–water partition coefficient (Wildman–Crippen LogP) is 5.05. The molecule has 2 rings (SSSR count). The molecule has 3 nitrogen and oxygen atoms in total. The van der Waals surface area contributed by atoms with Gasteiger partial charge in [-0.25, -0.2) is 0 Å². The SMILES string of the molecule is CCCC[C@@H]1CO[C@@H](c2ccc(OCCCC(F)(F)F)cc2)CO1. The number of unbranched alkanes of at least 4 members (excludes halogenated alkanes) is 1. The van der Waals surface area contributed by atoms with E-state index in [-0.39, 0.29) is 25.2 Å². The minimum atomic E-state index is -4.12. The summed E-state index contributed by atoms with van der Waals surface area (Å²) in [6.07, 6.45) is -1.59. The highest BCUT2D eigenvalue weighted by molar-refractivity contribution is 5.28. The Bertz CT molecular complexity index is 465. The first kappa shape index (κ1) is 19.1. The van der Waals surface area contributed by atoms with Crippen molar-refractivity contribution in [2.45, 2.75) is 57.4 Å². The van der Waals surface area contributed by atoms with Crippen LogP contribution in [0.5, 0.6) is 5.75 Å². The maximum absolute atomic E-state index is 12.1. The van der Waals surface area contributed by atoms with Crippen LogP contribution in [0.1, 0.15) is 50.7 Å². The first-order valence-corrected chi connectivity index (χ1v) is 8.50. The van der Waals surface area contributed by atoms with Gasteiger partial charge in [-0.1, -0.05) is 31.9 Å². The van der Waals surface area contributed by atoms with Crippen LogP contribution in [0.15, 0.2) is 24.3 Å². The molecule has 0 saturated carbocycles. The van der Waals surface area contributed by atoms with Gasteiger partial charge < -0.3 is 14.2 Å². The highest BCUT2D eigenvalue weighted by Gasteiger charge is 2.26. The largest absolute Gasteiger partial charge is 0.494 e. The molecule has 1 aliphatic heterocycles. The number of hydrogen-bond acceptors (Lipinski definition) is 3. The molecule has 0 N–H and O–H groups in total. The first-order chi connectivity index (χ1) is 11.5. The van der Waals surface area contributed by atoms with Gasteiger partial charge in [-0.3, -0.25) is 0 Å². The van der Waals surface area contributed by atoms with Gasteiger partial charge in [0.25, 0.3) is 0 Å². The maximum Gasteiger partial charge on any atom is 0.389 e. The number of hydrogen-bond donors (Lipinski definition) is 0. The van der Waals surface area contributed by atoms with Crippen LogP contribution in [0.4, 0.5) is 13.2 Å². The fourth-order valence-corrected chi connectivity index (χ4v) is 2.58. The molecule has 6 heteroatoms. The van der Waals surface area contributed by atoms with Gasteiger partial charge in [0, 0.05) is 6.42 Å². The van der Waals surface area contributed by atoms with Gasteiger partial charge in [-0.2, -0.15) is 13.2 Å². The van der Waals surface area contributed by atoms with Crippen LogP contribution < -0.4 is 4.74 Å². The zero-order valence-corrected chi connectivity index (χ0v) is 14.0. The Morgan fingerprint density at radius 2 is 1.83 bits per heavy atom. The molecule has 0 spiro atoms. The molecular formula is C18H25F3O3. The second-order valence-corrected chi connectivity index (χ2v) is 6.06. The molecular weight excluding hydrogens is 321 g/mol. The molecule has 1 fully saturated rings. The van der Waals surface area contributed by atoms with Gasteiger partial charge in [0.05, 0.1) is 25.9 Å². The topological polar surface area (TPSA) is 27.7 Å². The lowest BCUT2D eigenvalue weighted by Crippen LogP contribution is -2.31. The molecule has 0 aliphatic carbocycles. The maximum atomic E-state index is 12.1. The third kappa shape index (κ3) is 6.69. The molecule has 0 aromatic heterocycles. The summed E-state index contributed by atoms with van der Waals surface area (Å²) in [7, 11) is 0. The van der Waals surface area contributed by atoms with Gasteiger partial charge >= 0.3 is 6.18 Å². The lowest BCUT2D eigenvalue weighted by molar-refractivity contribution is -0.137. The fraction of sp³-hybridized carbons (Fsp3) is 0.667. The second-order valence-electron chi connectivity index (χ2n) is 6.06. The summed E-state index contributed by atoms with van der Waals surface area (Å²) < 4.78 is 53.2. The number of rotatable bonds is 8. The van der Waals surface area contributed by atoms with Crippen molar-refractivity contribution in [3.05, 3.63) is 29.8 Å². The molecule has 0 amide bonds. The van der Waals surface area contributed by atoms with Crippen molar-refractivity contribution in [3.8, 4) is 5.75 Å². The minimum absolute atomic E-state index is 0.0377. The van der Waals surface area contributed by atoms with E-state index in [4.69, 9.17) is 14.2 Å². The fourth-order valence-electron chi connectivity index (χ4n) is 2.58. The normalized spacial score (nSPS) is 21.7. The molecule has 2 atom stereocenters. The van der Waals surface area contributed by atoms with E-state index in [0.29, 0.717) is 19.0 Å². The van der Waals surface area contributed by atoms with Crippen molar-refractivity contribution in [1.82, 2.24) is 0 Å². The zero-order chi connectivity index (χ0) is 17.4. The van der Waals surface area contributed by atoms with E-state index < -0.39 is 12.6 Å². The van der Waals surface area contributed by atoms with E-state index in [1.165, 1.54) is 0 Å². The predicted molar refractivity (Wildman–Crippen MR) is 85.2 cm³/mol. The smallest absolute Gasteiger partial charge is 0.389 e. The summed E-state index contributed by atoms with van der Waals surface area (Å²) in [4.78, 5) is 0. The molecule has 0 bridgehead atoms. The van der Waals surface area contributed by atoms with Gasteiger partial charge in [0.2, 0.25) is 0 Å². The van der Waals surface area contributed by atoms with Crippen LogP contribution in [-0.4, -0.2) is 32.1 Å². The molecule has 1 heterocycles. The van der Waals surface area contributed by atoms with Crippen molar-refractivity contribution >= 4 is 0 Å². The third-order valence-corrected chi connectivity index (χ3v) is 3.97. The van der Waals surface area contributed by atoms with Crippen molar-refractivity contribution < 1.29 is 27.4 Å². The Morgan fingerprint density at radius 3 is 2.42 bits per heavy atom. The van der Waals surface area contributed by atoms with Crippen LogP contribution >= 0.6 is 0 Å². The van der Waals surface area contributed by atoms with Crippen molar-refractivity contribution in [1.29, 1.82) is 0 Å². The molecule has 0 unspecified atom stereocenters. The van der Waals surface area contributed by atoms with Gasteiger partial charge in [0.15, 0.2) is 0 Å². The molecule has 1 aliphatic rings. The number of halogens is 3. The average Bonchev–Trinajstić information content (AvgIpc) is 2.57. The Hall–Kier alpha value is -1.27. The van der Waals surface area contributed by atoms with Crippen LogP contribution in [0.25, 0.3) is 0 Å². The highest BCUT2D eigenvalue weighted by atomic mass is 19.4. The molecule has 136 valence electrons. The van der Waals surface area contributed by atoms with Gasteiger partial charge in [-0.15, -0.1) is 0 Å². The van der Waals surface area contributed by atoms with Crippen LogP contribution in [0, 0.1) is 0 Å². The van der Waals surface area contributed by atoms with Gasteiger partial charge in [-0.05, 0) is 30.5 Å². The molecule has 24 heavy (non-hydrogen) atoms. The summed E-state index contributed by atoms with van der Waals surface area (Å²) >= 11 is 0. The quantitative estimate of drug-likeness (QED) is 0.616. The van der Waals surface area contributed by atoms with Gasteiger partial charge in [0.1, 0.15) is 11.9 Å². The van der Waals surface area contributed by atoms with E-state index in [1.807, 2.05) is 12.1 Å². The molecule has 0 radical (unpaired) electrons. The average molecular weight is 346 g/mol. The Labute approximate surface area is 141 Å². The van der Waals surface area contributed by atoms with E-state index in [2.05, 4.69) is 6.92 Å². The summed E-state index contributed by atoms with van der Waals surface area (Å²) in [6, 6.07) is 7.27. The zero-order valence-electron chi connectivity index (χ0n) is 14.0. The summed E-state index contributed by atoms with van der Waals surface area (Å²) in [5.41, 5.74) is 0.992. The Morgan fingerprint density at radius 1 is 1.08 bits per heavy atom. The van der Waals surface area contributed by atoms with E-state index >= 15 is 0 Å². The minimum Gasteiger partial charge on any atom is -0.494 e. The summed E-state index contributed by atoms with van der Waals surface area (Å²) in [5, 5.41) is 0. The standard InChI is InChI=1S/C18H25F3O3/c1-2-3-5-16-12-24-17(13-23-16)14-6-8-15(9-7-14)22-11-4-10-18(19,20)21/h6-9,16-17H,2-5,10-13H2,1H3/t16-,17-/m1/s1. The van der Waals surface area contributed by atoms with E-state index in [0.717, 1.165) is 24.8 Å². The lowest BCUT2D eigenvalue weighted by atomic mass is 10.1. The van der Waals surface area contributed by atoms with Crippen LogP contribution in [0.3, 0.4) is 0 Å². The van der Waals surface area contributed by atoms with Crippen molar-refractivity contribution in [2.75, 3.05) is 19.8 Å². The summed E-state index contributed by atoms with van der Waals surface area (Å²) in [5.74, 6) is 0.568. The van der Waals surface area contributed by atoms with Crippen molar-refractivity contribution in [2.24, 2.45) is 0 Å². The monoisotopic (exact) mass is 346 g/mol. The van der Waals surface area contributed by atoms with E-state index in [9.17, 15) is 13.2 Å². The van der Waals surface area contributed by atoms with E-state index in [1.54, 1.807) is 12.1 Å². The number of alkyl halides is 3. The molecule has 1 saturated heterocycles. The third-order valence-electron chi connectivity index (χ3n) is 3.97. The van der Waals surface area contributed by atoms with Crippen LogP contribution in [0.2, 0.25) is 0 Å². The van der Waals surface area contributed by atoms with Crippen molar-refractivity contribution in [3.63, 3.8) is 0 Å². The van der Waals surface area contributed by atoms with Crippen LogP contribution in [-0.2, 0) is 9.47 Å². The first-order valence-electron chi connectivity index (χ1n) is 8.50. The number of benzene rings is 1. The lowest BCUT2D eigenvalue weighted by Gasteiger charge is -2.29.